The first-order chi connectivity index (χ1) is 13.6. The fraction of sp³-hybridized carbons (Fsp3) is 0.200. The molecule has 3 rings (SSSR count). The highest BCUT2D eigenvalue weighted by atomic mass is 19.4. The fourth-order valence-corrected chi connectivity index (χ4v) is 2.56. The minimum absolute atomic E-state index is 0.269. The molecule has 0 unspecified atom stereocenters. The van der Waals surface area contributed by atoms with Crippen molar-refractivity contribution in [2.75, 3.05) is 5.32 Å². The molecule has 1 aromatic heterocycles. The van der Waals surface area contributed by atoms with Crippen molar-refractivity contribution in [3.63, 3.8) is 0 Å². The summed E-state index contributed by atoms with van der Waals surface area (Å²) in [5.74, 6) is -2.36. The number of benzene rings is 2. The molecule has 2 N–H and O–H groups in total. The van der Waals surface area contributed by atoms with Gasteiger partial charge in [-0.3, -0.25) is 9.59 Å². The molecule has 0 bridgehead atoms. The lowest BCUT2D eigenvalue weighted by Crippen LogP contribution is -2.36. The second kappa shape index (κ2) is 7.86. The second-order valence-corrected chi connectivity index (χ2v) is 6.43. The summed E-state index contributed by atoms with van der Waals surface area (Å²) in [4.78, 5) is 32.2. The van der Waals surface area contributed by atoms with Crippen LogP contribution < -0.4 is 10.6 Å². The first kappa shape index (κ1) is 20.2. The summed E-state index contributed by atoms with van der Waals surface area (Å²) in [5, 5.41) is 4.50. The summed E-state index contributed by atoms with van der Waals surface area (Å²) in [7, 11) is 0. The van der Waals surface area contributed by atoms with Gasteiger partial charge >= 0.3 is 12.1 Å². The third-order valence-corrected chi connectivity index (χ3v) is 4.26. The van der Waals surface area contributed by atoms with E-state index in [1.54, 1.807) is 35.6 Å². The van der Waals surface area contributed by atoms with Crippen LogP contribution in [-0.2, 0) is 11.3 Å². The number of rotatable bonds is 4. The van der Waals surface area contributed by atoms with Crippen LogP contribution >= 0.6 is 0 Å². The van der Waals surface area contributed by atoms with Crippen molar-refractivity contribution >= 4 is 28.5 Å². The predicted molar refractivity (Wildman–Crippen MR) is 101 cm³/mol. The van der Waals surface area contributed by atoms with Gasteiger partial charge in [-0.2, -0.15) is 13.2 Å². The monoisotopic (exact) mass is 402 g/mol. The molecule has 2 amide bonds. The summed E-state index contributed by atoms with van der Waals surface area (Å²) >= 11 is 0. The summed E-state index contributed by atoms with van der Waals surface area (Å²) < 4.78 is 36.6. The maximum atomic E-state index is 12.5. The maximum absolute atomic E-state index is 12.5. The zero-order valence-corrected chi connectivity index (χ0v) is 15.6. The van der Waals surface area contributed by atoms with E-state index in [1.165, 1.54) is 12.1 Å². The van der Waals surface area contributed by atoms with Gasteiger partial charge in [0.2, 0.25) is 0 Å². The van der Waals surface area contributed by atoms with Crippen LogP contribution in [0, 0.1) is 13.8 Å². The lowest BCUT2D eigenvalue weighted by Gasteiger charge is -2.09. The Labute approximate surface area is 164 Å². The Morgan fingerprint density at radius 3 is 2.17 bits per heavy atom. The van der Waals surface area contributed by atoms with Crippen LogP contribution in [0.2, 0.25) is 0 Å². The summed E-state index contributed by atoms with van der Waals surface area (Å²) in [5.41, 5.74) is 4.23. The average Bonchev–Trinajstić information content (AvgIpc) is 2.67. The van der Waals surface area contributed by atoms with Crippen molar-refractivity contribution in [3.8, 4) is 0 Å². The quantitative estimate of drug-likeness (QED) is 0.697. The number of fused-ring (bicyclic) bond motifs is 1. The number of carbonyl (C=O) groups is 2. The molecule has 29 heavy (non-hydrogen) atoms. The third-order valence-electron chi connectivity index (χ3n) is 4.26. The van der Waals surface area contributed by atoms with Crippen LogP contribution in [0.5, 0.6) is 0 Å². The van der Waals surface area contributed by atoms with Crippen molar-refractivity contribution < 1.29 is 22.8 Å². The zero-order chi connectivity index (χ0) is 21.2. The van der Waals surface area contributed by atoms with Crippen LogP contribution in [0.4, 0.5) is 18.9 Å². The molecule has 150 valence electrons. The first-order valence-corrected chi connectivity index (χ1v) is 8.64. The standard InChI is InChI=1S/C20H17F3N4O2/c1-11-12(2)26-17-9-14(5-8-16(17)25-11)18(28)27-15-6-3-13(4-7-15)10-24-19(29)20(21,22)23/h3-9H,10H2,1-2H3,(H,24,29)(H,27,28). The van der Waals surface area contributed by atoms with Gasteiger partial charge in [0.25, 0.3) is 5.91 Å². The minimum atomic E-state index is -4.92. The maximum Gasteiger partial charge on any atom is 0.471 e. The number of anilines is 1. The lowest BCUT2D eigenvalue weighted by molar-refractivity contribution is -0.173. The molecule has 0 aliphatic heterocycles. The first-order valence-electron chi connectivity index (χ1n) is 8.64. The van der Waals surface area contributed by atoms with Crippen molar-refractivity contribution in [1.29, 1.82) is 0 Å². The molecule has 0 fully saturated rings. The van der Waals surface area contributed by atoms with Crippen molar-refractivity contribution in [1.82, 2.24) is 15.3 Å². The van der Waals surface area contributed by atoms with Gasteiger partial charge in [-0.15, -0.1) is 0 Å². The summed E-state index contributed by atoms with van der Waals surface area (Å²) in [6, 6.07) is 11.1. The predicted octanol–water partition coefficient (Wildman–Crippen LogP) is 3.68. The van der Waals surface area contributed by atoms with Crippen molar-refractivity contribution in [2.24, 2.45) is 0 Å². The van der Waals surface area contributed by atoms with E-state index in [9.17, 15) is 22.8 Å². The number of aryl methyl sites for hydroxylation is 2. The smallest absolute Gasteiger partial charge is 0.344 e. The molecular weight excluding hydrogens is 385 g/mol. The van der Waals surface area contributed by atoms with E-state index >= 15 is 0 Å². The Bertz CT molecular complexity index is 1080. The Morgan fingerprint density at radius 1 is 0.931 bits per heavy atom. The van der Waals surface area contributed by atoms with Crippen molar-refractivity contribution in [2.45, 2.75) is 26.6 Å². The molecule has 0 aliphatic carbocycles. The number of carbonyl (C=O) groups excluding carboxylic acids is 2. The summed E-state index contributed by atoms with van der Waals surface area (Å²) in [6.07, 6.45) is -4.92. The van der Waals surface area contributed by atoms with E-state index in [2.05, 4.69) is 15.3 Å². The molecule has 0 spiro atoms. The minimum Gasteiger partial charge on any atom is -0.344 e. The van der Waals surface area contributed by atoms with Gasteiger partial charge in [0.15, 0.2) is 0 Å². The van der Waals surface area contributed by atoms with Gasteiger partial charge in [0.05, 0.1) is 22.4 Å². The molecule has 0 aliphatic rings. The molecule has 9 heteroatoms. The number of hydrogen-bond acceptors (Lipinski definition) is 4. The van der Waals surface area contributed by atoms with E-state index < -0.39 is 12.1 Å². The Hall–Kier alpha value is -3.49. The normalized spacial score (nSPS) is 11.3. The molecule has 0 saturated heterocycles. The fourth-order valence-electron chi connectivity index (χ4n) is 2.56. The highest BCUT2D eigenvalue weighted by molar-refractivity contribution is 6.05. The molecule has 6 nitrogen and oxygen atoms in total. The van der Waals surface area contributed by atoms with E-state index in [0.717, 1.165) is 11.4 Å². The molecule has 0 radical (unpaired) electrons. The van der Waals surface area contributed by atoms with Gasteiger partial charge in [0.1, 0.15) is 0 Å². The molecule has 2 aromatic carbocycles. The Balaban J connectivity index is 1.67. The molecule has 1 heterocycles. The van der Waals surface area contributed by atoms with Crippen LogP contribution in [0.1, 0.15) is 27.3 Å². The number of amides is 2. The van der Waals surface area contributed by atoms with E-state index in [-0.39, 0.29) is 12.5 Å². The number of nitrogens with zero attached hydrogens (tertiary/aromatic N) is 2. The van der Waals surface area contributed by atoms with Gasteiger partial charge in [-0.25, -0.2) is 9.97 Å². The molecule has 3 aromatic rings. The largest absolute Gasteiger partial charge is 0.471 e. The highest BCUT2D eigenvalue weighted by Crippen LogP contribution is 2.17. The number of aromatic nitrogens is 2. The molecule has 0 saturated carbocycles. The molecule has 0 atom stereocenters. The van der Waals surface area contributed by atoms with Gasteiger partial charge in [-0.05, 0) is 49.7 Å². The van der Waals surface area contributed by atoms with Crippen molar-refractivity contribution in [3.05, 3.63) is 65.0 Å². The van der Waals surface area contributed by atoms with Crippen LogP contribution in [0.3, 0.4) is 0 Å². The third kappa shape index (κ3) is 4.87. The molecular formula is C20H17F3N4O2. The highest BCUT2D eigenvalue weighted by Gasteiger charge is 2.38. The SMILES string of the molecule is Cc1nc2ccc(C(=O)Nc3ccc(CNC(=O)C(F)(F)F)cc3)cc2nc1C. The van der Waals surface area contributed by atoms with E-state index in [4.69, 9.17) is 0 Å². The Morgan fingerprint density at radius 2 is 1.55 bits per heavy atom. The lowest BCUT2D eigenvalue weighted by atomic mass is 10.1. The number of nitrogens with one attached hydrogen (secondary N) is 2. The van der Waals surface area contributed by atoms with Crippen LogP contribution in [-0.4, -0.2) is 28.0 Å². The van der Waals surface area contributed by atoms with Gasteiger partial charge < -0.3 is 10.6 Å². The average molecular weight is 402 g/mol. The van der Waals surface area contributed by atoms with Gasteiger partial charge in [-0.1, -0.05) is 12.1 Å². The Kier molecular flexibility index (Phi) is 5.49. The number of alkyl halides is 3. The van der Waals surface area contributed by atoms with E-state index in [0.29, 0.717) is 27.8 Å². The summed E-state index contributed by atoms with van der Waals surface area (Å²) in [6.45, 7) is 3.43. The van der Waals surface area contributed by atoms with E-state index in [1.807, 2.05) is 13.8 Å². The van der Waals surface area contributed by atoms with Crippen LogP contribution in [0.15, 0.2) is 42.5 Å². The second-order valence-electron chi connectivity index (χ2n) is 6.43. The van der Waals surface area contributed by atoms with Gasteiger partial charge in [0, 0.05) is 17.8 Å². The number of hydrogen-bond donors (Lipinski definition) is 2. The van der Waals surface area contributed by atoms with Crippen LogP contribution in [0.25, 0.3) is 11.0 Å². The topological polar surface area (TPSA) is 84.0 Å². The zero-order valence-electron chi connectivity index (χ0n) is 15.6. The number of halogens is 3.